The highest BCUT2D eigenvalue weighted by molar-refractivity contribution is 9.11. The Morgan fingerprint density at radius 3 is 2.52 bits per heavy atom. The number of carbonyl (C=O) groups is 1. The van der Waals surface area contributed by atoms with Gasteiger partial charge in [0.2, 0.25) is 0 Å². The molecule has 4 aliphatic carbocycles. The van der Waals surface area contributed by atoms with Gasteiger partial charge < -0.3 is 9.30 Å². The number of nitrogens with zero attached hydrogens (tertiary/aromatic N) is 2. The Morgan fingerprint density at radius 1 is 1.35 bits per heavy atom. The molecule has 1 amide bonds. The van der Waals surface area contributed by atoms with E-state index in [1.54, 1.807) is 7.11 Å². The van der Waals surface area contributed by atoms with Gasteiger partial charge in [0.1, 0.15) is 0 Å². The van der Waals surface area contributed by atoms with Crippen molar-refractivity contribution in [2.75, 3.05) is 13.7 Å². The van der Waals surface area contributed by atoms with Crippen molar-refractivity contribution in [2.24, 2.45) is 28.2 Å². The monoisotopic (exact) mass is 398 g/mol. The summed E-state index contributed by atoms with van der Waals surface area (Å²) in [5, 5.41) is 0. The van der Waals surface area contributed by atoms with Crippen LogP contribution in [-0.4, -0.2) is 24.2 Å². The molecule has 0 N–H and O–H groups in total. The molecular formula is C17H23BrN2O2S. The zero-order valence-electron chi connectivity index (χ0n) is 13.5. The van der Waals surface area contributed by atoms with E-state index >= 15 is 0 Å². The van der Waals surface area contributed by atoms with Crippen LogP contribution in [-0.2, 0) is 16.1 Å². The van der Waals surface area contributed by atoms with Crippen LogP contribution < -0.4 is 4.80 Å². The molecule has 4 nitrogen and oxygen atoms in total. The molecule has 0 unspecified atom stereocenters. The second-order valence-corrected chi connectivity index (χ2v) is 10.0. The van der Waals surface area contributed by atoms with Crippen molar-refractivity contribution in [1.82, 2.24) is 4.57 Å². The fraction of sp³-hybridized carbons (Fsp3) is 0.765. The number of rotatable bonds is 4. The highest BCUT2D eigenvalue weighted by Crippen LogP contribution is 2.60. The van der Waals surface area contributed by atoms with E-state index in [0.717, 1.165) is 52.1 Å². The summed E-state index contributed by atoms with van der Waals surface area (Å²) in [6, 6.07) is 0. The molecule has 0 spiro atoms. The van der Waals surface area contributed by atoms with Gasteiger partial charge in [0.05, 0.1) is 15.8 Å². The van der Waals surface area contributed by atoms with E-state index in [1.807, 2.05) is 10.8 Å². The van der Waals surface area contributed by atoms with Gasteiger partial charge in [0.25, 0.3) is 5.91 Å². The minimum absolute atomic E-state index is 0.136. The van der Waals surface area contributed by atoms with Gasteiger partial charge in [0.15, 0.2) is 4.80 Å². The molecule has 1 aromatic heterocycles. The van der Waals surface area contributed by atoms with Crippen molar-refractivity contribution in [3.8, 4) is 0 Å². The number of ether oxygens (including phenoxy) is 1. The molecule has 1 heterocycles. The first-order valence-corrected chi connectivity index (χ1v) is 10.1. The molecule has 0 radical (unpaired) electrons. The number of amides is 1. The minimum Gasteiger partial charge on any atom is -0.383 e. The maximum atomic E-state index is 13.1. The summed E-state index contributed by atoms with van der Waals surface area (Å²) in [5.74, 6) is 2.46. The second kappa shape index (κ2) is 6.12. The maximum Gasteiger partial charge on any atom is 0.254 e. The fourth-order valence-electron chi connectivity index (χ4n) is 5.36. The summed E-state index contributed by atoms with van der Waals surface area (Å²) in [6.45, 7) is 1.35. The predicted octanol–water partition coefficient (Wildman–Crippen LogP) is 3.60. The Kier molecular flexibility index (Phi) is 4.26. The zero-order chi connectivity index (χ0) is 16.0. The Hall–Kier alpha value is -0.460. The van der Waals surface area contributed by atoms with Crippen LogP contribution in [0.4, 0.5) is 0 Å². The van der Waals surface area contributed by atoms with E-state index in [0.29, 0.717) is 6.61 Å². The summed E-state index contributed by atoms with van der Waals surface area (Å²) in [7, 11) is 1.69. The van der Waals surface area contributed by atoms with Crippen molar-refractivity contribution < 1.29 is 9.53 Å². The number of hydrogen-bond acceptors (Lipinski definition) is 3. The Labute approximate surface area is 149 Å². The molecule has 23 heavy (non-hydrogen) atoms. The molecule has 1 aromatic rings. The van der Waals surface area contributed by atoms with Crippen molar-refractivity contribution in [2.45, 2.75) is 45.1 Å². The van der Waals surface area contributed by atoms with E-state index in [2.05, 4.69) is 20.9 Å². The van der Waals surface area contributed by atoms with Crippen LogP contribution in [0.3, 0.4) is 0 Å². The van der Waals surface area contributed by atoms with Crippen molar-refractivity contribution >= 4 is 33.2 Å². The topological polar surface area (TPSA) is 43.6 Å². The molecular weight excluding hydrogens is 376 g/mol. The lowest BCUT2D eigenvalue weighted by Gasteiger charge is -2.55. The van der Waals surface area contributed by atoms with Crippen molar-refractivity contribution in [1.29, 1.82) is 0 Å². The predicted molar refractivity (Wildman–Crippen MR) is 93.1 cm³/mol. The summed E-state index contributed by atoms with van der Waals surface area (Å²) in [6.07, 6.45) is 9.28. The average Bonchev–Trinajstić information content (AvgIpc) is 2.83. The van der Waals surface area contributed by atoms with E-state index in [-0.39, 0.29) is 11.3 Å². The van der Waals surface area contributed by atoms with Crippen LogP contribution in [0.15, 0.2) is 15.0 Å². The van der Waals surface area contributed by atoms with Crippen LogP contribution in [0.5, 0.6) is 0 Å². The number of methoxy groups -OCH3 is 1. The van der Waals surface area contributed by atoms with E-state index in [9.17, 15) is 4.79 Å². The first-order chi connectivity index (χ1) is 11.1. The standard InChI is InChI=1S/C17H23BrN2O2S/c1-22-3-2-20-10-14(18)23-16(20)19-15(21)17-7-11-4-12(8-17)6-13(5-11)9-17/h10-13H,2-9H2,1H3/b19-16-. The lowest BCUT2D eigenvalue weighted by atomic mass is 9.49. The lowest BCUT2D eigenvalue weighted by molar-refractivity contribution is -0.142. The van der Waals surface area contributed by atoms with E-state index in [4.69, 9.17) is 4.74 Å². The number of carbonyl (C=O) groups excluding carboxylic acids is 1. The van der Waals surface area contributed by atoms with Gasteiger partial charge in [-0.2, -0.15) is 4.99 Å². The van der Waals surface area contributed by atoms with Crippen LogP contribution in [0, 0.1) is 23.2 Å². The summed E-state index contributed by atoms with van der Waals surface area (Å²) < 4.78 is 8.19. The van der Waals surface area contributed by atoms with Crippen LogP contribution >= 0.6 is 27.3 Å². The molecule has 0 saturated heterocycles. The first kappa shape index (κ1) is 16.0. The molecule has 6 heteroatoms. The Balaban J connectivity index is 1.62. The zero-order valence-corrected chi connectivity index (χ0v) is 15.9. The molecule has 0 aromatic carbocycles. The second-order valence-electron chi connectivity index (χ2n) is 7.62. The minimum atomic E-state index is -0.149. The average molecular weight is 399 g/mol. The highest BCUT2D eigenvalue weighted by atomic mass is 79.9. The SMILES string of the molecule is COCCn1cc(Br)s/c1=N\C(=O)C12CC3CC(CC(C3)C1)C2. The fourth-order valence-corrected chi connectivity index (χ4v) is 6.79. The third kappa shape index (κ3) is 2.98. The van der Waals surface area contributed by atoms with Crippen molar-refractivity contribution in [3.05, 3.63) is 14.8 Å². The summed E-state index contributed by atoms with van der Waals surface area (Å²) >= 11 is 5.05. The smallest absolute Gasteiger partial charge is 0.254 e. The molecule has 4 fully saturated rings. The lowest BCUT2D eigenvalue weighted by Crippen LogP contribution is -2.49. The van der Waals surface area contributed by atoms with E-state index in [1.165, 1.54) is 30.6 Å². The molecule has 4 saturated carbocycles. The molecule has 0 aliphatic heterocycles. The van der Waals surface area contributed by atoms with Crippen LogP contribution in [0.25, 0.3) is 0 Å². The molecule has 5 rings (SSSR count). The Bertz CT molecular complexity index is 643. The van der Waals surface area contributed by atoms with Crippen LogP contribution in [0.2, 0.25) is 0 Å². The number of thiazole rings is 1. The number of aromatic nitrogens is 1. The largest absolute Gasteiger partial charge is 0.383 e. The quantitative estimate of drug-likeness (QED) is 0.777. The summed E-state index contributed by atoms with van der Waals surface area (Å²) in [4.78, 5) is 18.5. The Morgan fingerprint density at radius 2 is 1.96 bits per heavy atom. The molecule has 126 valence electrons. The van der Waals surface area contributed by atoms with Gasteiger partial charge >= 0.3 is 0 Å². The molecule has 4 bridgehead atoms. The number of halogens is 1. The third-order valence-electron chi connectivity index (χ3n) is 5.92. The van der Waals surface area contributed by atoms with Gasteiger partial charge in [0, 0.05) is 19.9 Å². The van der Waals surface area contributed by atoms with Gasteiger partial charge in [-0.15, -0.1) is 0 Å². The van der Waals surface area contributed by atoms with E-state index < -0.39 is 0 Å². The third-order valence-corrected chi connectivity index (χ3v) is 7.42. The van der Waals surface area contributed by atoms with Crippen molar-refractivity contribution in [3.63, 3.8) is 0 Å². The summed E-state index contributed by atoms with van der Waals surface area (Å²) in [5.41, 5.74) is -0.149. The molecule has 0 atom stereocenters. The van der Waals surface area contributed by atoms with Gasteiger partial charge in [-0.25, -0.2) is 0 Å². The van der Waals surface area contributed by atoms with Gasteiger partial charge in [-0.1, -0.05) is 11.3 Å². The van der Waals surface area contributed by atoms with Gasteiger partial charge in [-0.3, -0.25) is 4.79 Å². The normalized spacial score (nSPS) is 35.9. The molecule has 4 aliphatic rings. The first-order valence-electron chi connectivity index (χ1n) is 8.52. The number of hydrogen-bond donors (Lipinski definition) is 0. The maximum absolute atomic E-state index is 13.1. The van der Waals surface area contributed by atoms with Gasteiger partial charge in [-0.05, 0) is 72.2 Å². The highest BCUT2D eigenvalue weighted by Gasteiger charge is 2.54. The van der Waals surface area contributed by atoms with Crippen LogP contribution in [0.1, 0.15) is 38.5 Å².